The lowest BCUT2D eigenvalue weighted by atomic mass is 9.64. The molecule has 6 nitrogen and oxygen atoms in total. The van der Waals surface area contributed by atoms with Crippen LogP contribution in [-0.2, 0) is 24.6 Å². The van der Waals surface area contributed by atoms with Crippen molar-refractivity contribution >= 4 is 31.5 Å². The first kappa shape index (κ1) is 22.1. The van der Waals surface area contributed by atoms with E-state index in [1.165, 1.54) is 24.3 Å². The van der Waals surface area contributed by atoms with Gasteiger partial charge in [0.15, 0.2) is 21.4 Å². The maximum atomic E-state index is 15.3. The lowest BCUT2D eigenvalue weighted by Crippen LogP contribution is -2.62. The third-order valence-electron chi connectivity index (χ3n) is 7.00. The molecule has 1 N–H and O–H groups in total. The maximum Gasteiger partial charge on any atom is 0.211 e. The molecule has 0 unspecified atom stereocenters. The quantitative estimate of drug-likeness (QED) is 0.678. The topological polar surface area (TPSA) is 89.5 Å². The summed E-state index contributed by atoms with van der Waals surface area (Å²) in [6, 6.07) is 6.91. The number of ether oxygens (including phenoxy) is 1. The zero-order chi connectivity index (χ0) is 22.9. The molecule has 0 radical (unpaired) electrons. The molecule has 2 aliphatic heterocycles. The molecule has 2 fully saturated rings. The van der Waals surface area contributed by atoms with E-state index in [2.05, 4.69) is 4.72 Å². The summed E-state index contributed by atoms with van der Waals surface area (Å²) in [7, 11) is -7.72. The molecule has 2 heterocycles. The van der Waals surface area contributed by atoms with Crippen LogP contribution in [0.1, 0.15) is 24.8 Å². The highest BCUT2D eigenvalue weighted by Gasteiger charge is 2.63. The van der Waals surface area contributed by atoms with Gasteiger partial charge in [-0.05, 0) is 61.6 Å². The number of nitrogens with one attached hydrogen (secondary N) is 1. The van der Waals surface area contributed by atoms with Gasteiger partial charge < -0.3 is 4.74 Å². The van der Waals surface area contributed by atoms with Crippen molar-refractivity contribution in [3.63, 3.8) is 0 Å². The van der Waals surface area contributed by atoms with Gasteiger partial charge in [-0.1, -0.05) is 11.6 Å². The summed E-state index contributed by atoms with van der Waals surface area (Å²) in [5.41, 5.74) is -0.310. The Morgan fingerprint density at radius 2 is 1.75 bits per heavy atom. The number of sulfone groups is 1. The predicted molar refractivity (Wildman–Crippen MR) is 114 cm³/mol. The smallest absolute Gasteiger partial charge is 0.211 e. The minimum Gasteiger partial charge on any atom is -0.490 e. The van der Waals surface area contributed by atoms with Gasteiger partial charge in [0.2, 0.25) is 10.0 Å². The lowest BCUT2D eigenvalue weighted by Gasteiger charge is -2.54. The molecular formula is C21H20ClF2NO5S2. The molecule has 5 rings (SSSR count). The number of rotatable bonds is 2. The number of hydrogen-bond donors (Lipinski definition) is 1. The molecule has 2 aromatic rings. The van der Waals surface area contributed by atoms with Crippen LogP contribution < -0.4 is 9.46 Å². The highest BCUT2D eigenvalue weighted by Crippen LogP contribution is 2.59. The Morgan fingerprint density at radius 1 is 1.06 bits per heavy atom. The van der Waals surface area contributed by atoms with Crippen LogP contribution in [0.2, 0.25) is 5.02 Å². The van der Waals surface area contributed by atoms with E-state index in [4.69, 9.17) is 16.3 Å². The Morgan fingerprint density at radius 3 is 2.47 bits per heavy atom. The van der Waals surface area contributed by atoms with E-state index in [9.17, 15) is 21.2 Å². The van der Waals surface area contributed by atoms with E-state index >= 15 is 4.39 Å². The van der Waals surface area contributed by atoms with Gasteiger partial charge in [0.1, 0.15) is 10.6 Å². The van der Waals surface area contributed by atoms with Gasteiger partial charge in [-0.15, -0.1) is 0 Å². The van der Waals surface area contributed by atoms with Crippen LogP contribution in [0, 0.1) is 23.5 Å². The summed E-state index contributed by atoms with van der Waals surface area (Å²) in [6.07, 6.45) is 0.295. The molecule has 0 aromatic heterocycles. The lowest BCUT2D eigenvalue weighted by molar-refractivity contribution is 0.0537. The van der Waals surface area contributed by atoms with Crippen molar-refractivity contribution in [3.8, 4) is 5.75 Å². The predicted octanol–water partition coefficient (Wildman–Crippen LogP) is 3.40. The van der Waals surface area contributed by atoms with Crippen LogP contribution in [0.25, 0.3) is 0 Å². The van der Waals surface area contributed by atoms with E-state index in [0.29, 0.717) is 5.02 Å². The molecule has 11 heteroatoms. The fraction of sp³-hybridized carbons (Fsp3) is 0.429. The Bertz CT molecular complexity index is 1300. The molecule has 0 amide bonds. The van der Waals surface area contributed by atoms with Gasteiger partial charge in [0.25, 0.3) is 0 Å². The van der Waals surface area contributed by atoms with Gasteiger partial charge in [-0.3, -0.25) is 0 Å². The van der Waals surface area contributed by atoms with E-state index in [1.807, 2.05) is 0 Å². The largest absolute Gasteiger partial charge is 0.490 e. The van der Waals surface area contributed by atoms with Crippen LogP contribution in [0.4, 0.5) is 8.78 Å². The van der Waals surface area contributed by atoms with Crippen LogP contribution in [0.15, 0.2) is 41.3 Å². The second-order valence-electron chi connectivity index (χ2n) is 8.53. The molecule has 1 aliphatic carbocycles. The molecule has 2 aromatic carbocycles. The molecule has 32 heavy (non-hydrogen) atoms. The molecular weight excluding hydrogens is 484 g/mol. The highest BCUT2D eigenvalue weighted by molar-refractivity contribution is 7.92. The van der Waals surface area contributed by atoms with Gasteiger partial charge in [-0.2, -0.15) is 0 Å². The van der Waals surface area contributed by atoms with Crippen LogP contribution in [-0.4, -0.2) is 35.2 Å². The maximum absolute atomic E-state index is 15.3. The van der Waals surface area contributed by atoms with E-state index < -0.39 is 59.9 Å². The molecule has 3 aliphatic rings. The number of sulfonamides is 1. The molecule has 172 valence electrons. The second-order valence-corrected chi connectivity index (χ2v) is 13.0. The average molecular weight is 504 g/mol. The molecule has 1 saturated heterocycles. The first-order chi connectivity index (χ1) is 15.1. The van der Waals surface area contributed by atoms with Gasteiger partial charge in [0.05, 0.1) is 22.8 Å². The number of fused-ring (bicyclic) bond motifs is 5. The van der Waals surface area contributed by atoms with E-state index in [-0.39, 0.29) is 42.1 Å². The minimum atomic E-state index is -4.26. The summed E-state index contributed by atoms with van der Waals surface area (Å²) < 4.78 is 88.9. The monoisotopic (exact) mass is 503 g/mol. The van der Waals surface area contributed by atoms with Crippen LogP contribution in [0.5, 0.6) is 5.75 Å². The first-order valence-electron chi connectivity index (χ1n) is 10.2. The van der Waals surface area contributed by atoms with E-state index in [1.54, 1.807) is 0 Å². The van der Waals surface area contributed by atoms with Crippen molar-refractivity contribution in [3.05, 3.63) is 58.6 Å². The summed E-state index contributed by atoms with van der Waals surface area (Å²) in [5, 5.41) is 0.341. The fourth-order valence-corrected chi connectivity index (χ4v) is 9.61. The zero-order valence-electron chi connectivity index (χ0n) is 16.7. The normalized spacial score (nSPS) is 31.0. The molecule has 1 saturated carbocycles. The van der Waals surface area contributed by atoms with E-state index in [0.717, 1.165) is 12.1 Å². The zero-order valence-corrected chi connectivity index (χ0v) is 19.1. The highest BCUT2D eigenvalue weighted by atomic mass is 35.5. The van der Waals surface area contributed by atoms with Crippen molar-refractivity contribution in [1.29, 1.82) is 0 Å². The van der Waals surface area contributed by atoms with Crippen molar-refractivity contribution < 1.29 is 30.4 Å². The van der Waals surface area contributed by atoms with Gasteiger partial charge in [0, 0.05) is 17.0 Å². The van der Waals surface area contributed by atoms with Crippen LogP contribution >= 0.6 is 11.6 Å². The minimum absolute atomic E-state index is 0.0572. The Labute approximate surface area is 189 Å². The summed E-state index contributed by atoms with van der Waals surface area (Å²) in [6.45, 7) is -0.164. The van der Waals surface area contributed by atoms with Gasteiger partial charge in [-0.25, -0.2) is 30.3 Å². The summed E-state index contributed by atoms with van der Waals surface area (Å²) >= 11 is 5.94. The molecule has 0 spiro atoms. The second kappa shape index (κ2) is 7.38. The molecule has 0 bridgehead atoms. The standard InChI is InChI=1S/C21H20ClF2NO5S2/c22-12-1-3-13(4-2-12)32(28,29)21-9-7-18-14(8-10-31(26,27)25-18)15(21)11-30-20-17(24)6-5-16(23)19(20)21/h1-6,14-15,18,25H,7-11H2/t14-,15-,18+,21-/m1/s1. The number of hydrogen-bond acceptors (Lipinski definition) is 5. The van der Waals surface area contributed by atoms with Crippen molar-refractivity contribution in [2.75, 3.05) is 12.4 Å². The SMILES string of the molecule is O=S1(=O)CC[C@H]2[C@H](CC[C@]3(S(=O)(=O)c4ccc(Cl)cc4)c4c(F)ccc(F)c4OC[C@H]23)N1. The Hall–Kier alpha value is -1.75. The van der Waals surface area contributed by atoms with Crippen molar-refractivity contribution in [1.82, 2.24) is 4.72 Å². The summed E-state index contributed by atoms with van der Waals surface area (Å²) in [4.78, 5) is -0.0572. The fourth-order valence-electron chi connectivity index (χ4n) is 5.63. The Balaban J connectivity index is 1.76. The molecule has 4 atom stereocenters. The number of benzene rings is 2. The third-order valence-corrected chi connectivity index (χ3v) is 11.3. The van der Waals surface area contributed by atoms with Gasteiger partial charge >= 0.3 is 0 Å². The first-order valence-corrected chi connectivity index (χ1v) is 13.7. The Kier molecular flexibility index (Phi) is 5.09. The number of halogens is 3. The van der Waals surface area contributed by atoms with Crippen LogP contribution in [0.3, 0.4) is 0 Å². The van der Waals surface area contributed by atoms with Crippen molar-refractivity contribution in [2.24, 2.45) is 11.8 Å². The summed E-state index contributed by atoms with van der Waals surface area (Å²) in [5.74, 6) is -3.44. The van der Waals surface area contributed by atoms with Crippen molar-refractivity contribution in [2.45, 2.75) is 34.9 Å². The third kappa shape index (κ3) is 3.10. The average Bonchev–Trinajstić information content (AvgIpc) is 2.75.